The lowest BCUT2D eigenvalue weighted by Gasteiger charge is -2.29. The molecule has 0 aliphatic carbocycles. The summed E-state index contributed by atoms with van der Waals surface area (Å²) in [7, 11) is 0. The van der Waals surface area contributed by atoms with Gasteiger partial charge in [0.25, 0.3) is 5.91 Å². The number of rotatable bonds is 1. The number of hydrogen-bond donors (Lipinski definition) is 1. The Balaban J connectivity index is 0.000000847. The fourth-order valence-electron chi connectivity index (χ4n) is 2.72. The van der Waals surface area contributed by atoms with E-state index in [-0.39, 0.29) is 18.2 Å². The average Bonchev–Trinajstić information content (AvgIpc) is 2.83. The summed E-state index contributed by atoms with van der Waals surface area (Å²) in [4.78, 5) is 36.9. The Hall–Kier alpha value is -1.88. The highest BCUT2D eigenvalue weighted by atomic mass is 35.5. The molecule has 1 fully saturated rings. The zero-order valence-corrected chi connectivity index (χ0v) is 13.7. The second-order valence-corrected chi connectivity index (χ2v) is 5.50. The summed E-state index contributed by atoms with van der Waals surface area (Å²) >= 11 is 6.23. The molecule has 2 aliphatic heterocycles. The van der Waals surface area contributed by atoms with Crippen LogP contribution in [0.2, 0.25) is 5.02 Å². The van der Waals surface area contributed by atoms with E-state index in [2.05, 4.69) is 5.32 Å². The molecule has 3 rings (SSSR count). The third kappa shape index (κ3) is 2.73. The van der Waals surface area contributed by atoms with Crippen LogP contribution in [0, 0.1) is 6.92 Å². The van der Waals surface area contributed by atoms with Crippen LogP contribution in [-0.2, 0) is 16.1 Å². The number of halogens is 1. The van der Waals surface area contributed by atoms with Gasteiger partial charge in [-0.1, -0.05) is 31.5 Å². The molecule has 1 unspecified atom stereocenters. The molecule has 2 heterocycles. The van der Waals surface area contributed by atoms with E-state index in [1.165, 1.54) is 4.90 Å². The van der Waals surface area contributed by atoms with E-state index in [0.717, 1.165) is 11.1 Å². The summed E-state index contributed by atoms with van der Waals surface area (Å²) < 4.78 is 0. The Morgan fingerprint density at radius 2 is 1.91 bits per heavy atom. The number of imide groups is 1. The molecule has 2 aliphatic rings. The van der Waals surface area contributed by atoms with Crippen LogP contribution < -0.4 is 5.32 Å². The Labute approximate surface area is 134 Å². The number of aryl methyl sites for hydroxylation is 1. The summed E-state index contributed by atoms with van der Waals surface area (Å²) in [6.07, 6.45) is 0.615. The van der Waals surface area contributed by atoms with Crippen LogP contribution in [0.3, 0.4) is 0 Å². The number of fused-ring (bicyclic) bond motifs is 1. The Bertz CT molecular complexity index is 643. The Kier molecular flexibility index (Phi) is 4.86. The van der Waals surface area contributed by atoms with Crippen molar-refractivity contribution in [2.45, 2.75) is 46.2 Å². The Morgan fingerprint density at radius 1 is 1.23 bits per heavy atom. The molecule has 3 amide bonds. The Morgan fingerprint density at radius 3 is 2.55 bits per heavy atom. The van der Waals surface area contributed by atoms with Crippen molar-refractivity contribution >= 4 is 29.3 Å². The van der Waals surface area contributed by atoms with Gasteiger partial charge >= 0.3 is 0 Å². The molecule has 1 saturated heterocycles. The molecule has 22 heavy (non-hydrogen) atoms. The molecule has 6 heteroatoms. The van der Waals surface area contributed by atoms with E-state index < -0.39 is 11.9 Å². The third-order valence-electron chi connectivity index (χ3n) is 3.84. The zero-order valence-electron chi connectivity index (χ0n) is 12.9. The molecule has 1 atom stereocenters. The van der Waals surface area contributed by atoms with Crippen LogP contribution in [0.4, 0.5) is 0 Å². The molecular weight excluding hydrogens is 304 g/mol. The first kappa shape index (κ1) is 16.5. The molecule has 0 bridgehead atoms. The summed E-state index contributed by atoms with van der Waals surface area (Å²) in [6.45, 7) is 6.20. The van der Waals surface area contributed by atoms with Gasteiger partial charge in [-0.2, -0.15) is 0 Å². The number of nitrogens with one attached hydrogen (secondary N) is 1. The lowest BCUT2D eigenvalue weighted by molar-refractivity contribution is -0.136. The number of benzene rings is 1. The third-order valence-corrected chi connectivity index (χ3v) is 4.37. The van der Waals surface area contributed by atoms with Gasteiger partial charge in [0.15, 0.2) is 0 Å². The monoisotopic (exact) mass is 322 g/mol. The van der Waals surface area contributed by atoms with Crippen LogP contribution in [0.1, 0.15) is 48.2 Å². The molecule has 5 nitrogen and oxygen atoms in total. The highest BCUT2D eigenvalue weighted by Gasteiger charge is 2.39. The summed E-state index contributed by atoms with van der Waals surface area (Å²) in [6, 6.07) is 2.95. The van der Waals surface area contributed by atoms with E-state index >= 15 is 0 Å². The normalized spacial score (nSPS) is 20.3. The largest absolute Gasteiger partial charge is 0.322 e. The van der Waals surface area contributed by atoms with Crippen molar-refractivity contribution < 1.29 is 14.4 Å². The van der Waals surface area contributed by atoms with Gasteiger partial charge < -0.3 is 4.90 Å². The second kappa shape index (κ2) is 6.48. The van der Waals surface area contributed by atoms with Crippen molar-refractivity contribution in [3.05, 3.63) is 33.8 Å². The number of carbonyl (C=O) groups is 3. The second-order valence-electron chi connectivity index (χ2n) is 5.12. The standard InChI is InChI=1S/C14H13ClN2O3.C2H6/c1-7-2-3-8-9(12(7)15)6-17(14(8)20)10-4-5-11(18)16-13(10)19;1-2/h2-3,10H,4-6H2,1H3,(H,16,18,19);1-2H3. The van der Waals surface area contributed by atoms with Crippen molar-refractivity contribution in [3.8, 4) is 0 Å². The zero-order chi connectivity index (χ0) is 16.4. The quantitative estimate of drug-likeness (QED) is 0.808. The minimum absolute atomic E-state index is 0.198. The minimum Gasteiger partial charge on any atom is -0.322 e. The molecule has 1 aromatic carbocycles. The van der Waals surface area contributed by atoms with Gasteiger partial charge in [-0.15, -0.1) is 0 Å². The van der Waals surface area contributed by atoms with Crippen molar-refractivity contribution in [3.63, 3.8) is 0 Å². The fraction of sp³-hybridized carbons (Fsp3) is 0.438. The fourth-order valence-corrected chi connectivity index (χ4v) is 2.95. The highest BCUT2D eigenvalue weighted by molar-refractivity contribution is 6.33. The van der Waals surface area contributed by atoms with Crippen LogP contribution in [-0.4, -0.2) is 28.7 Å². The van der Waals surface area contributed by atoms with Crippen LogP contribution in [0.5, 0.6) is 0 Å². The molecule has 1 aromatic rings. The summed E-state index contributed by atoms with van der Waals surface area (Å²) in [5.74, 6) is -0.893. The van der Waals surface area contributed by atoms with Gasteiger partial charge in [-0.3, -0.25) is 19.7 Å². The molecular formula is C16H19ClN2O3. The van der Waals surface area contributed by atoms with Gasteiger partial charge in [0.2, 0.25) is 11.8 Å². The first-order chi connectivity index (χ1) is 10.5. The summed E-state index contributed by atoms with van der Waals surface area (Å²) in [5, 5.41) is 2.85. The molecule has 0 radical (unpaired) electrons. The van der Waals surface area contributed by atoms with Crippen molar-refractivity contribution in [1.82, 2.24) is 10.2 Å². The van der Waals surface area contributed by atoms with E-state index in [4.69, 9.17) is 11.6 Å². The van der Waals surface area contributed by atoms with Crippen LogP contribution in [0.15, 0.2) is 12.1 Å². The molecule has 0 aromatic heterocycles. The predicted octanol–water partition coefficient (Wildman–Crippen LogP) is 2.44. The van der Waals surface area contributed by atoms with Crippen LogP contribution >= 0.6 is 11.6 Å². The topological polar surface area (TPSA) is 66.5 Å². The number of piperidine rings is 1. The van der Waals surface area contributed by atoms with E-state index in [0.29, 0.717) is 23.6 Å². The molecule has 0 spiro atoms. The lowest BCUT2D eigenvalue weighted by Crippen LogP contribution is -2.52. The van der Waals surface area contributed by atoms with Gasteiger partial charge in [-0.05, 0) is 25.0 Å². The number of amides is 3. The van der Waals surface area contributed by atoms with Gasteiger partial charge in [0.1, 0.15) is 6.04 Å². The SMILES string of the molecule is CC.Cc1ccc2c(c1Cl)CN(C1CCC(=O)NC1=O)C2=O. The first-order valence-corrected chi connectivity index (χ1v) is 7.79. The molecule has 1 N–H and O–H groups in total. The number of nitrogens with zero attached hydrogens (tertiary/aromatic N) is 1. The first-order valence-electron chi connectivity index (χ1n) is 7.41. The van der Waals surface area contributed by atoms with Crippen molar-refractivity contribution in [2.75, 3.05) is 0 Å². The maximum Gasteiger partial charge on any atom is 0.255 e. The number of carbonyl (C=O) groups excluding carboxylic acids is 3. The van der Waals surface area contributed by atoms with Gasteiger partial charge in [-0.25, -0.2) is 0 Å². The summed E-state index contributed by atoms with van der Waals surface area (Å²) in [5.41, 5.74) is 2.22. The minimum atomic E-state index is -0.594. The van der Waals surface area contributed by atoms with Crippen LogP contribution in [0.25, 0.3) is 0 Å². The van der Waals surface area contributed by atoms with E-state index in [1.54, 1.807) is 12.1 Å². The van der Waals surface area contributed by atoms with Crippen molar-refractivity contribution in [1.29, 1.82) is 0 Å². The molecule has 118 valence electrons. The van der Waals surface area contributed by atoms with E-state index in [9.17, 15) is 14.4 Å². The van der Waals surface area contributed by atoms with Gasteiger partial charge in [0.05, 0.1) is 0 Å². The highest BCUT2D eigenvalue weighted by Crippen LogP contribution is 2.33. The smallest absolute Gasteiger partial charge is 0.255 e. The maximum absolute atomic E-state index is 12.4. The molecule has 0 saturated carbocycles. The van der Waals surface area contributed by atoms with Gasteiger partial charge in [0, 0.05) is 29.1 Å². The lowest BCUT2D eigenvalue weighted by atomic mass is 10.0. The average molecular weight is 323 g/mol. The maximum atomic E-state index is 12.4. The van der Waals surface area contributed by atoms with Crippen molar-refractivity contribution in [2.24, 2.45) is 0 Å². The number of hydrogen-bond acceptors (Lipinski definition) is 3. The van der Waals surface area contributed by atoms with E-state index in [1.807, 2.05) is 20.8 Å². The predicted molar refractivity (Wildman–Crippen MR) is 83.6 cm³/mol.